The first-order valence-electron chi connectivity index (χ1n) is 6.34. The summed E-state index contributed by atoms with van der Waals surface area (Å²) in [5, 5.41) is 14.8. The molecule has 19 heavy (non-hydrogen) atoms. The van der Waals surface area contributed by atoms with Crippen molar-refractivity contribution in [2.75, 3.05) is 0 Å². The van der Waals surface area contributed by atoms with Crippen LogP contribution in [0.25, 0.3) is 0 Å². The van der Waals surface area contributed by atoms with Crippen LogP contribution in [-0.4, -0.2) is 19.9 Å². The predicted molar refractivity (Wildman–Crippen MR) is 77.9 cm³/mol. The topological polar surface area (TPSA) is 50.9 Å². The van der Waals surface area contributed by atoms with Crippen LogP contribution in [0.3, 0.4) is 0 Å². The summed E-state index contributed by atoms with van der Waals surface area (Å²) in [7, 11) is 1.90. The summed E-state index contributed by atoms with van der Waals surface area (Å²) in [6.45, 7) is 4.03. The minimum absolute atomic E-state index is 0.502. The highest BCUT2D eigenvalue weighted by Gasteiger charge is 2.19. The summed E-state index contributed by atoms with van der Waals surface area (Å²) in [5.74, 6) is 0. The van der Waals surface area contributed by atoms with Crippen molar-refractivity contribution >= 4 is 15.9 Å². The molecule has 5 heteroatoms. The third-order valence-electron chi connectivity index (χ3n) is 3.26. The molecule has 2 heterocycles. The molecule has 4 nitrogen and oxygen atoms in total. The second-order valence-electron chi connectivity index (χ2n) is 4.61. The fraction of sp³-hybridized carbons (Fsp3) is 0.429. The van der Waals surface area contributed by atoms with Crippen LogP contribution in [0.4, 0.5) is 0 Å². The number of aliphatic hydroxyl groups excluding tert-OH is 1. The summed E-state index contributed by atoms with van der Waals surface area (Å²) in [6, 6.07) is 3.84. The van der Waals surface area contributed by atoms with E-state index in [1.807, 2.05) is 30.8 Å². The van der Waals surface area contributed by atoms with E-state index in [4.69, 9.17) is 0 Å². The molecule has 1 atom stereocenters. The van der Waals surface area contributed by atoms with Crippen molar-refractivity contribution in [2.24, 2.45) is 7.05 Å². The lowest BCUT2D eigenvalue weighted by Gasteiger charge is -2.13. The SMILES string of the molecule is CCc1nn(C)c(CC(O)c2ncccc2C)c1Br. The van der Waals surface area contributed by atoms with Crippen molar-refractivity contribution in [2.45, 2.75) is 32.8 Å². The Morgan fingerprint density at radius 1 is 1.47 bits per heavy atom. The molecular weight excluding hydrogens is 306 g/mol. The second kappa shape index (κ2) is 5.84. The van der Waals surface area contributed by atoms with Gasteiger partial charge in [-0.15, -0.1) is 0 Å². The van der Waals surface area contributed by atoms with Crippen LogP contribution in [0.5, 0.6) is 0 Å². The lowest BCUT2D eigenvalue weighted by molar-refractivity contribution is 0.170. The van der Waals surface area contributed by atoms with Gasteiger partial charge in [0.2, 0.25) is 0 Å². The maximum absolute atomic E-state index is 10.4. The zero-order chi connectivity index (χ0) is 14.0. The van der Waals surface area contributed by atoms with Gasteiger partial charge >= 0.3 is 0 Å². The van der Waals surface area contributed by atoms with Gasteiger partial charge in [-0.1, -0.05) is 13.0 Å². The van der Waals surface area contributed by atoms with Gasteiger partial charge in [0.1, 0.15) is 6.10 Å². The molecule has 0 aromatic carbocycles. The highest BCUT2D eigenvalue weighted by molar-refractivity contribution is 9.10. The number of pyridine rings is 1. The van der Waals surface area contributed by atoms with Crippen molar-refractivity contribution in [3.8, 4) is 0 Å². The number of nitrogens with zero attached hydrogens (tertiary/aromatic N) is 3. The molecule has 0 spiro atoms. The summed E-state index contributed by atoms with van der Waals surface area (Å²) in [6.07, 6.45) is 2.47. The van der Waals surface area contributed by atoms with E-state index < -0.39 is 6.10 Å². The molecule has 1 unspecified atom stereocenters. The van der Waals surface area contributed by atoms with Crippen molar-refractivity contribution in [3.63, 3.8) is 0 Å². The Labute approximate surface area is 121 Å². The maximum atomic E-state index is 10.4. The van der Waals surface area contributed by atoms with Gasteiger partial charge in [-0.05, 0) is 40.9 Å². The number of hydrogen-bond acceptors (Lipinski definition) is 3. The Kier molecular flexibility index (Phi) is 4.37. The van der Waals surface area contributed by atoms with Crippen LogP contribution in [0.1, 0.15) is 35.7 Å². The summed E-state index contributed by atoms with van der Waals surface area (Å²) >= 11 is 3.57. The highest BCUT2D eigenvalue weighted by Crippen LogP contribution is 2.26. The molecule has 0 saturated heterocycles. The Balaban J connectivity index is 2.27. The Morgan fingerprint density at radius 2 is 2.21 bits per heavy atom. The average Bonchev–Trinajstić information content (AvgIpc) is 2.66. The summed E-state index contributed by atoms with van der Waals surface area (Å²) in [5.41, 5.74) is 3.74. The van der Waals surface area contributed by atoms with Gasteiger partial charge in [-0.2, -0.15) is 5.10 Å². The first-order chi connectivity index (χ1) is 9.04. The van der Waals surface area contributed by atoms with E-state index in [2.05, 4.69) is 32.9 Å². The predicted octanol–water partition coefficient (Wildman–Crippen LogP) is 2.72. The summed E-state index contributed by atoms with van der Waals surface area (Å²) in [4.78, 5) is 4.27. The molecular formula is C14H18BrN3O. The molecule has 0 radical (unpaired) electrons. The smallest absolute Gasteiger partial charge is 0.102 e. The largest absolute Gasteiger partial charge is 0.386 e. The first kappa shape index (κ1) is 14.2. The van der Waals surface area contributed by atoms with E-state index in [-0.39, 0.29) is 0 Å². The quantitative estimate of drug-likeness (QED) is 0.941. The van der Waals surface area contributed by atoms with Gasteiger partial charge in [-0.3, -0.25) is 9.67 Å². The molecule has 0 amide bonds. The van der Waals surface area contributed by atoms with Crippen LogP contribution in [0, 0.1) is 6.92 Å². The van der Waals surface area contributed by atoms with Crippen molar-refractivity contribution in [3.05, 3.63) is 45.4 Å². The standard InChI is InChI=1S/C14H18BrN3O/c1-4-10-13(15)11(18(3)17-10)8-12(19)14-9(2)6-5-7-16-14/h5-7,12,19H,4,8H2,1-3H3. The first-order valence-corrected chi connectivity index (χ1v) is 7.13. The summed E-state index contributed by atoms with van der Waals surface area (Å²) < 4.78 is 2.81. The van der Waals surface area contributed by atoms with E-state index in [1.165, 1.54) is 0 Å². The maximum Gasteiger partial charge on any atom is 0.102 e. The van der Waals surface area contributed by atoms with Crippen molar-refractivity contribution in [1.82, 2.24) is 14.8 Å². The van der Waals surface area contributed by atoms with Gasteiger partial charge in [0.05, 0.1) is 21.6 Å². The Bertz CT molecular complexity index is 580. The number of aryl methyl sites for hydroxylation is 3. The van der Waals surface area contributed by atoms with Gasteiger partial charge < -0.3 is 5.11 Å². The minimum Gasteiger partial charge on any atom is -0.386 e. The number of rotatable bonds is 4. The molecule has 1 N–H and O–H groups in total. The van der Waals surface area contributed by atoms with Crippen LogP contribution < -0.4 is 0 Å². The Hall–Kier alpha value is -1.20. The number of halogens is 1. The average molecular weight is 324 g/mol. The third-order valence-corrected chi connectivity index (χ3v) is 4.17. The molecule has 102 valence electrons. The van der Waals surface area contributed by atoms with Gasteiger partial charge in [0, 0.05) is 19.7 Å². The van der Waals surface area contributed by atoms with Crippen LogP contribution in [-0.2, 0) is 19.9 Å². The van der Waals surface area contributed by atoms with E-state index in [1.54, 1.807) is 6.20 Å². The van der Waals surface area contributed by atoms with Gasteiger partial charge in [-0.25, -0.2) is 0 Å². The molecule has 0 bridgehead atoms. The molecule has 0 aliphatic rings. The minimum atomic E-state index is -0.613. The molecule has 0 saturated carbocycles. The monoisotopic (exact) mass is 323 g/mol. The number of aliphatic hydroxyl groups is 1. The van der Waals surface area contributed by atoms with E-state index in [0.717, 1.165) is 33.5 Å². The number of hydrogen-bond donors (Lipinski definition) is 1. The Morgan fingerprint density at radius 3 is 2.79 bits per heavy atom. The molecule has 2 rings (SSSR count). The molecule has 0 aliphatic carbocycles. The van der Waals surface area contributed by atoms with Crippen LogP contribution in [0.2, 0.25) is 0 Å². The second-order valence-corrected chi connectivity index (χ2v) is 5.40. The highest BCUT2D eigenvalue weighted by atomic mass is 79.9. The zero-order valence-corrected chi connectivity index (χ0v) is 13.0. The zero-order valence-electron chi connectivity index (χ0n) is 11.4. The fourth-order valence-electron chi connectivity index (χ4n) is 2.17. The molecule has 2 aromatic rings. The third kappa shape index (κ3) is 2.87. The van der Waals surface area contributed by atoms with Crippen molar-refractivity contribution < 1.29 is 5.11 Å². The lowest BCUT2D eigenvalue weighted by atomic mass is 10.1. The normalized spacial score (nSPS) is 12.7. The van der Waals surface area contributed by atoms with E-state index in [0.29, 0.717) is 6.42 Å². The molecule has 2 aromatic heterocycles. The molecule has 0 aliphatic heterocycles. The van der Waals surface area contributed by atoms with E-state index in [9.17, 15) is 5.11 Å². The molecule has 0 fully saturated rings. The van der Waals surface area contributed by atoms with Gasteiger partial charge in [0.15, 0.2) is 0 Å². The van der Waals surface area contributed by atoms with Crippen LogP contribution >= 0.6 is 15.9 Å². The van der Waals surface area contributed by atoms with Crippen LogP contribution in [0.15, 0.2) is 22.8 Å². The van der Waals surface area contributed by atoms with Gasteiger partial charge in [0.25, 0.3) is 0 Å². The van der Waals surface area contributed by atoms with E-state index >= 15 is 0 Å². The van der Waals surface area contributed by atoms with Crippen molar-refractivity contribution in [1.29, 1.82) is 0 Å². The fourth-order valence-corrected chi connectivity index (χ4v) is 2.95. The number of aromatic nitrogens is 3. The lowest BCUT2D eigenvalue weighted by Crippen LogP contribution is -2.09.